The Morgan fingerprint density at radius 2 is 1.75 bits per heavy atom. The minimum Gasteiger partial charge on any atom is -0.321 e. The first-order valence-corrected chi connectivity index (χ1v) is 11.2. The van der Waals surface area contributed by atoms with Gasteiger partial charge in [0.25, 0.3) is 15.9 Å². The summed E-state index contributed by atoms with van der Waals surface area (Å²) in [5, 5.41) is 7.02. The van der Waals surface area contributed by atoms with Crippen LogP contribution in [0.25, 0.3) is 5.69 Å². The highest BCUT2D eigenvalue weighted by molar-refractivity contribution is 7.92. The zero-order valence-corrected chi connectivity index (χ0v) is 17.9. The van der Waals surface area contributed by atoms with Crippen molar-refractivity contribution in [3.8, 4) is 5.69 Å². The molecule has 0 spiro atoms. The molecule has 0 radical (unpaired) electrons. The predicted octanol–water partition coefficient (Wildman–Crippen LogP) is 4.72. The highest BCUT2D eigenvalue weighted by Gasteiger charge is 2.17. The van der Waals surface area contributed by atoms with Crippen LogP contribution in [0.4, 0.5) is 15.8 Å². The van der Waals surface area contributed by atoms with Gasteiger partial charge in [0.1, 0.15) is 5.82 Å². The van der Waals surface area contributed by atoms with Crippen molar-refractivity contribution in [3.63, 3.8) is 0 Å². The van der Waals surface area contributed by atoms with E-state index in [2.05, 4.69) is 15.1 Å². The summed E-state index contributed by atoms with van der Waals surface area (Å²) >= 11 is 6.03. The fraction of sp³-hybridized carbons (Fsp3) is 0. The summed E-state index contributed by atoms with van der Waals surface area (Å²) in [5.41, 5.74) is 1.04. The summed E-state index contributed by atoms with van der Waals surface area (Å²) < 4.78 is 42.6. The number of anilines is 2. The first-order chi connectivity index (χ1) is 15.3. The van der Waals surface area contributed by atoms with Crippen molar-refractivity contribution in [3.05, 3.63) is 102 Å². The standard InChI is InChI=1S/C22H16ClFN4O3S/c23-19-9-1-2-10-20(19)27-32(30,31)18-8-4-6-16(14-18)25-22(29)21-11-12-28(26-21)17-7-3-5-15(24)13-17/h1-14,27H,(H,25,29). The van der Waals surface area contributed by atoms with E-state index in [9.17, 15) is 17.6 Å². The molecule has 3 aromatic carbocycles. The molecular formula is C22H16ClFN4O3S. The highest BCUT2D eigenvalue weighted by atomic mass is 35.5. The molecule has 4 rings (SSSR count). The lowest BCUT2D eigenvalue weighted by Gasteiger charge is -2.11. The van der Waals surface area contributed by atoms with Gasteiger partial charge in [-0.15, -0.1) is 0 Å². The van der Waals surface area contributed by atoms with Gasteiger partial charge in [0.05, 0.1) is 21.3 Å². The molecular weight excluding hydrogens is 455 g/mol. The molecule has 162 valence electrons. The van der Waals surface area contributed by atoms with Crippen LogP contribution in [-0.4, -0.2) is 24.1 Å². The van der Waals surface area contributed by atoms with Crippen LogP contribution in [0.5, 0.6) is 0 Å². The van der Waals surface area contributed by atoms with Gasteiger partial charge in [-0.3, -0.25) is 9.52 Å². The van der Waals surface area contributed by atoms with E-state index in [-0.39, 0.29) is 27.0 Å². The number of benzene rings is 3. The zero-order valence-electron chi connectivity index (χ0n) is 16.4. The van der Waals surface area contributed by atoms with Gasteiger partial charge in [0, 0.05) is 11.9 Å². The number of hydrogen-bond acceptors (Lipinski definition) is 4. The third-order valence-electron chi connectivity index (χ3n) is 4.41. The van der Waals surface area contributed by atoms with Crippen LogP contribution in [0.15, 0.2) is 90.0 Å². The molecule has 0 bridgehead atoms. The molecule has 0 aliphatic carbocycles. The van der Waals surface area contributed by atoms with Crippen molar-refractivity contribution in [2.45, 2.75) is 4.90 Å². The fourth-order valence-electron chi connectivity index (χ4n) is 2.89. The number of hydrogen-bond donors (Lipinski definition) is 2. The zero-order chi connectivity index (χ0) is 22.7. The number of halogens is 2. The van der Waals surface area contributed by atoms with E-state index >= 15 is 0 Å². The van der Waals surface area contributed by atoms with E-state index in [0.717, 1.165) is 0 Å². The van der Waals surface area contributed by atoms with Gasteiger partial charge in [-0.05, 0) is 54.6 Å². The van der Waals surface area contributed by atoms with Crippen molar-refractivity contribution in [1.29, 1.82) is 0 Å². The molecule has 0 aliphatic rings. The molecule has 32 heavy (non-hydrogen) atoms. The van der Waals surface area contributed by atoms with Crippen molar-refractivity contribution < 1.29 is 17.6 Å². The normalized spacial score (nSPS) is 11.2. The monoisotopic (exact) mass is 470 g/mol. The predicted molar refractivity (Wildman–Crippen MR) is 120 cm³/mol. The third kappa shape index (κ3) is 4.79. The maximum atomic E-state index is 13.4. The molecule has 0 saturated heterocycles. The molecule has 10 heteroatoms. The van der Waals surface area contributed by atoms with E-state index < -0.39 is 21.7 Å². The van der Waals surface area contributed by atoms with Crippen molar-refractivity contribution in [2.75, 3.05) is 10.0 Å². The van der Waals surface area contributed by atoms with Crippen LogP contribution in [0.1, 0.15) is 10.5 Å². The van der Waals surface area contributed by atoms with Crippen LogP contribution in [0, 0.1) is 5.82 Å². The van der Waals surface area contributed by atoms with Gasteiger partial charge in [-0.1, -0.05) is 35.9 Å². The van der Waals surface area contributed by atoms with Crippen molar-refractivity contribution in [2.24, 2.45) is 0 Å². The lowest BCUT2D eigenvalue weighted by atomic mass is 10.3. The topological polar surface area (TPSA) is 93.1 Å². The van der Waals surface area contributed by atoms with Crippen LogP contribution in [0.3, 0.4) is 0 Å². The third-order valence-corrected chi connectivity index (χ3v) is 6.11. The van der Waals surface area contributed by atoms with Crippen molar-refractivity contribution in [1.82, 2.24) is 9.78 Å². The second-order valence-electron chi connectivity index (χ2n) is 6.69. The van der Waals surface area contributed by atoms with Gasteiger partial charge in [0.2, 0.25) is 0 Å². The van der Waals surface area contributed by atoms with E-state index in [1.165, 1.54) is 53.3 Å². The number of aromatic nitrogens is 2. The average Bonchev–Trinajstić information content (AvgIpc) is 3.26. The average molecular weight is 471 g/mol. The fourth-order valence-corrected chi connectivity index (χ4v) is 4.26. The molecule has 0 aliphatic heterocycles. The highest BCUT2D eigenvalue weighted by Crippen LogP contribution is 2.25. The second-order valence-corrected chi connectivity index (χ2v) is 8.78. The Kier molecular flexibility index (Phi) is 5.93. The quantitative estimate of drug-likeness (QED) is 0.426. The summed E-state index contributed by atoms with van der Waals surface area (Å²) in [6, 6.07) is 19.5. The SMILES string of the molecule is O=C(Nc1cccc(S(=O)(=O)Nc2ccccc2Cl)c1)c1ccn(-c2cccc(F)c2)n1. The lowest BCUT2D eigenvalue weighted by Crippen LogP contribution is -2.15. The Balaban J connectivity index is 1.52. The number of para-hydroxylation sites is 1. The molecule has 1 aromatic heterocycles. The molecule has 0 unspecified atom stereocenters. The van der Waals surface area contributed by atoms with Crippen LogP contribution in [0.2, 0.25) is 5.02 Å². The molecule has 2 N–H and O–H groups in total. The largest absolute Gasteiger partial charge is 0.321 e. The van der Waals surface area contributed by atoms with E-state index in [1.807, 2.05) is 0 Å². The number of sulfonamides is 1. The van der Waals surface area contributed by atoms with Gasteiger partial charge >= 0.3 is 0 Å². The molecule has 0 atom stereocenters. The van der Waals surface area contributed by atoms with Crippen LogP contribution in [-0.2, 0) is 10.0 Å². The summed E-state index contributed by atoms with van der Waals surface area (Å²) in [7, 11) is -3.94. The number of carbonyl (C=O) groups excluding carboxylic acids is 1. The molecule has 4 aromatic rings. The first kappa shape index (κ1) is 21.5. The minimum absolute atomic E-state index is 0.0551. The Bertz CT molecular complexity index is 1410. The summed E-state index contributed by atoms with van der Waals surface area (Å²) in [5.74, 6) is -0.971. The molecule has 7 nitrogen and oxygen atoms in total. The van der Waals surface area contributed by atoms with Gasteiger partial charge in [0.15, 0.2) is 5.69 Å². The Morgan fingerprint density at radius 3 is 2.53 bits per heavy atom. The number of nitrogens with one attached hydrogen (secondary N) is 2. The van der Waals surface area contributed by atoms with Crippen LogP contribution < -0.4 is 10.0 Å². The van der Waals surface area contributed by atoms with Gasteiger partial charge in [-0.2, -0.15) is 5.10 Å². The number of rotatable bonds is 6. The maximum absolute atomic E-state index is 13.4. The second kappa shape index (κ2) is 8.81. The maximum Gasteiger partial charge on any atom is 0.276 e. The number of amides is 1. The lowest BCUT2D eigenvalue weighted by molar-refractivity contribution is 0.102. The smallest absolute Gasteiger partial charge is 0.276 e. The van der Waals surface area contributed by atoms with E-state index in [4.69, 9.17) is 11.6 Å². The van der Waals surface area contributed by atoms with E-state index in [0.29, 0.717) is 5.69 Å². The minimum atomic E-state index is -3.94. The van der Waals surface area contributed by atoms with Crippen molar-refractivity contribution >= 4 is 38.9 Å². The Labute approximate surface area is 188 Å². The summed E-state index contributed by atoms with van der Waals surface area (Å²) in [4.78, 5) is 12.5. The summed E-state index contributed by atoms with van der Waals surface area (Å²) in [6.45, 7) is 0. The Morgan fingerprint density at radius 1 is 0.969 bits per heavy atom. The van der Waals surface area contributed by atoms with E-state index in [1.54, 1.807) is 36.4 Å². The van der Waals surface area contributed by atoms with Crippen LogP contribution >= 0.6 is 11.6 Å². The Hall–Kier alpha value is -3.69. The molecule has 1 amide bonds. The molecule has 0 fully saturated rings. The molecule has 1 heterocycles. The van der Waals surface area contributed by atoms with Gasteiger partial charge in [-0.25, -0.2) is 17.5 Å². The number of carbonyl (C=O) groups is 1. The van der Waals surface area contributed by atoms with Gasteiger partial charge < -0.3 is 5.32 Å². The first-order valence-electron chi connectivity index (χ1n) is 9.32. The molecule has 0 saturated carbocycles. The summed E-state index contributed by atoms with van der Waals surface area (Å²) in [6.07, 6.45) is 1.53. The number of nitrogens with zero attached hydrogens (tertiary/aromatic N) is 2.